The first-order valence-electron chi connectivity index (χ1n) is 6.33. The van der Waals surface area contributed by atoms with Crippen molar-refractivity contribution in [3.05, 3.63) is 0 Å². The number of hydrogen-bond acceptors (Lipinski definition) is 2. The van der Waals surface area contributed by atoms with Crippen LogP contribution in [0.15, 0.2) is 0 Å². The second-order valence-electron chi connectivity index (χ2n) is 6.61. The third kappa shape index (κ3) is 1.62. The molecule has 0 aromatic carbocycles. The molecular weight excluding hydrogens is 184 g/mol. The SMILES string of the molecule is CC(C)[C@H](C)N1C[C@@]2(C)CNC[C@]2(C)C1. The van der Waals surface area contributed by atoms with E-state index in [1.54, 1.807) is 0 Å². The van der Waals surface area contributed by atoms with E-state index in [2.05, 4.69) is 44.8 Å². The van der Waals surface area contributed by atoms with Gasteiger partial charge in [-0.2, -0.15) is 0 Å². The Labute approximate surface area is 94.4 Å². The third-order valence-electron chi connectivity index (χ3n) is 5.13. The van der Waals surface area contributed by atoms with E-state index in [1.165, 1.54) is 26.2 Å². The van der Waals surface area contributed by atoms with Gasteiger partial charge in [0, 0.05) is 43.1 Å². The molecular formula is C13H26N2. The normalized spacial score (nSPS) is 43.6. The lowest BCUT2D eigenvalue weighted by atomic mass is 9.71. The summed E-state index contributed by atoms with van der Waals surface area (Å²) >= 11 is 0. The summed E-state index contributed by atoms with van der Waals surface area (Å²) in [6, 6.07) is 0.726. The van der Waals surface area contributed by atoms with Gasteiger partial charge in [0.15, 0.2) is 0 Å². The van der Waals surface area contributed by atoms with Crippen LogP contribution < -0.4 is 5.32 Å². The fourth-order valence-electron chi connectivity index (χ4n) is 3.20. The maximum Gasteiger partial charge on any atom is 0.00904 e. The minimum Gasteiger partial charge on any atom is -0.316 e. The second-order valence-corrected chi connectivity index (χ2v) is 6.61. The highest BCUT2D eigenvalue weighted by atomic mass is 15.2. The molecule has 2 heterocycles. The van der Waals surface area contributed by atoms with Crippen molar-refractivity contribution in [3.8, 4) is 0 Å². The summed E-state index contributed by atoms with van der Waals surface area (Å²) < 4.78 is 0. The van der Waals surface area contributed by atoms with Crippen LogP contribution in [-0.4, -0.2) is 37.1 Å². The maximum absolute atomic E-state index is 3.57. The molecule has 2 aliphatic rings. The van der Waals surface area contributed by atoms with Gasteiger partial charge in [-0.25, -0.2) is 0 Å². The average Bonchev–Trinajstić information content (AvgIpc) is 2.52. The van der Waals surface area contributed by atoms with Crippen LogP contribution in [0.4, 0.5) is 0 Å². The highest BCUT2D eigenvalue weighted by Crippen LogP contribution is 2.49. The van der Waals surface area contributed by atoms with Crippen LogP contribution in [-0.2, 0) is 0 Å². The molecule has 2 saturated heterocycles. The van der Waals surface area contributed by atoms with E-state index in [-0.39, 0.29) is 0 Å². The van der Waals surface area contributed by atoms with E-state index in [0.717, 1.165) is 12.0 Å². The molecule has 2 rings (SSSR count). The summed E-state index contributed by atoms with van der Waals surface area (Å²) in [6.45, 7) is 16.9. The first kappa shape index (κ1) is 11.4. The van der Waals surface area contributed by atoms with E-state index >= 15 is 0 Å². The van der Waals surface area contributed by atoms with Crippen molar-refractivity contribution in [3.63, 3.8) is 0 Å². The topological polar surface area (TPSA) is 15.3 Å². The molecule has 0 unspecified atom stereocenters. The smallest absolute Gasteiger partial charge is 0.00904 e. The van der Waals surface area contributed by atoms with Gasteiger partial charge >= 0.3 is 0 Å². The number of hydrogen-bond donors (Lipinski definition) is 1. The molecule has 2 fully saturated rings. The fourth-order valence-corrected chi connectivity index (χ4v) is 3.20. The van der Waals surface area contributed by atoms with Gasteiger partial charge in [-0.05, 0) is 12.8 Å². The van der Waals surface area contributed by atoms with E-state index in [0.29, 0.717) is 10.8 Å². The van der Waals surface area contributed by atoms with Gasteiger partial charge in [-0.3, -0.25) is 4.90 Å². The summed E-state index contributed by atoms with van der Waals surface area (Å²) in [7, 11) is 0. The quantitative estimate of drug-likeness (QED) is 0.749. The summed E-state index contributed by atoms with van der Waals surface area (Å²) in [5.41, 5.74) is 0.992. The Hall–Kier alpha value is -0.0800. The fraction of sp³-hybridized carbons (Fsp3) is 1.00. The Morgan fingerprint density at radius 1 is 1.00 bits per heavy atom. The predicted molar refractivity (Wildman–Crippen MR) is 65.0 cm³/mol. The lowest BCUT2D eigenvalue weighted by Gasteiger charge is -2.31. The predicted octanol–water partition coefficient (Wildman–Crippen LogP) is 1.96. The molecule has 15 heavy (non-hydrogen) atoms. The third-order valence-corrected chi connectivity index (χ3v) is 5.13. The minimum atomic E-state index is 0.496. The van der Waals surface area contributed by atoms with Gasteiger partial charge in [-0.1, -0.05) is 27.7 Å². The molecule has 0 aromatic heterocycles. The largest absolute Gasteiger partial charge is 0.316 e. The van der Waals surface area contributed by atoms with Crippen molar-refractivity contribution in [2.24, 2.45) is 16.7 Å². The lowest BCUT2D eigenvalue weighted by Crippen LogP contribution is -2.38. The van der Waals surface area contributed by atoms with Crippen molar-refractivity contribution in [1.82, 2.24) is 10.2 Å². The van der Waals surface area contributed by atoms with Gasteiger partial charge in [0.1, 0.15) is 0 Å². The number of rotatable bonds is 2. The van der Waals surface area contributed by atoms with Gasteiger partial charge in [0.05, 0.1) is 0 Å². The Morgan fingerprint density at radius 2 is 1.47 bits per heavy atom. The molecule has 1 N–H and O–H groups in total. The highest BCUT2D eigenvalue weighted by molar-refractivity contribution is 5.09. The molecule has 0 aromatic rings. The molecule has 2 heteroatoms. The number of likely N-dealkylation sites (tertiary alicyclic amines) is 1. The first-order chi connectivity index (χ1) is 6.88. The average molecular weight is 210 g/mol. The zero-order valence-electron chi connectivity index (χ0n) is 10.9. The van der Waals surface area contributed by atoms with E-state index in [9.17, 15) is 0 Å². The van der Waals surface area contributed by atoms with Gasteiger partial charge in [0.2, 0.25) is 0 Å². The molecule has 0 spiro atoms. The van der Waals surface area contributed by atoms with Crippen LogP contribution in [0.2, 0.25) is 0 Å². The van der Waals surface area contributed by atoms with Crippen LogP contribution in [0.5, 0.6) is 0 Å². The Bertz CT molecular complexity index is 233. The zero-order chi connectivity index (χ0) is 11.3. The van der Waals surface area contributed by atoms with Gasteiger partial charge in [-0.15, -0.1) is 0 Å². The second kappa shape index (κ2) is 3.46. The van der Waals surface area contributed by atoms with Crippen molar-refractivity contribution in [2.75, 3.05) is 26.2 Å². The lowest BCUT2D eigenvalue weighted by molar-refractivity contribution is 0.181. The standard InChI is InChI=1S/C13H26N2/c1-10(2)11(3)15-8-12(4)6-14-7-13(12,5)9-15/h10-11,14H,6-9H2,1-5H3/t11-,12+,13+/m0/s1. The molecule has 3 atom stereocenters. The van der Waals surface area contributed by atoms with Crippen LogP contribution in [0, 0.1) is 16.7 Å². The van der Waals surface area contributed by atoms with Crippen LogP contribution >= 0.6 is 0 Å². The highest BCUT2D eigenvalue weighted by Gasteiger charge is 2.55. The van der Waals surface area contributed by atoms with Crippen molar-refractivity contribution in [2.45, 2.75) is 40.7 Å². The molecule has 2 nitrogen and oxygen atoms in total. The molecule has 0 amide bonds. The molecule has 0 aliphatic carbocycles. The number of nitrogens with one attached hydrogen (secondary N) is 1. The molecule has 0 bridgehead atoms. The Kier molecular flexibility index (Phi) is 2.63. The van der Waals surface area contributed by atoms with Crippen LogP contribution in [0.25, 0.3) is 0 Å². The Morgan fingerprint density at radius 3 is 1.87 bits per heavy atom. The van der Waals surface area contributed by atoms with Gasteiger partial charge in [0.25, 0.3) is 0 Å². The summed E-state index contributed by atoms with van der Waals surface area (Å²) in [5, 5.41) is 3.57. The minimum absolute atomic E-state index is 0.496. The zero-order valence-corrected chi connectivity index (χ0v) is 10.9. The monoisotopic (exact) mass is 210 g/mol. The van der Waals surface area contributed by atoms with Gasteiger partial charge < -0.3 is 5.32 Å². The van der Waals surface area contributed by atoms with Crippen molar-refractivity contribution >= 4 is 0 Å². The first-order valence-corrected chi connectivity index (χ1v) is 6.33. The Balaban J connectivity index is 2.12. The van der Waals surface area contributed by atoms with Crippen molar-refractivity contribution < 1.29 is 0 Å². The summed E-state index contributed by atoms with van der Waals surface area (Å²) in [4.78, 5) is 2.70. The van der Waals surface area contributed by atoms with Crippen LogP contribution in [0.1, 0.15) is 34.6 Å². The molecule has 0 saturated carbocycles. The van der Waals surface area contributed by atoms with Crippen molar-refractivity contribution in [1.29, 1.82) is 0 Å². The number of fused-ring (bicyclic) bond motifs is 1. The van der Waals surface area contributed by atoms with E-state index in [4.69, 9.17) is 0 Å². The van der Waals surface area contributed by atoms with E-state index < -0.39 is 0 Å². The maximum atomic E-state index is 3.57. The molecule has 0 radical (unpaired) electrons. The summed E-state index contributed by atoms with van der Waals surface area (Å²) in [6.07, 6.45) is 0. The molecule has 2 aliphatic heterocycles. The molecule has 88 valence electrons. The summed E-state index contributed by atoms with van der Waals surface area (Å²) in [5.74, 6) is 0.768. The number of nitrogens with zero attached hydrogens (tertiary/aromatic N) is 1. The van der Waals surface area contributed by atoms with E-state index in [1.807, 2.05) is 0 Å². The van der Waals surface area contributed by atoms with Crippen LogP contribution in [0.3, 0.4) is 0 Å².